The zero-order valence-electron chi connectivity index (χ0n) is 16.4. The number of nitrogens with zero attached hydrogens (tertiary/aromatic N) is 1. The van der Waals surface area contributed by atoms with Crippen molar-refractivity contribution in [2.75, 3.05) is 31.6 Å². The Morgan fingerprint density at radius 1 is 1.32 bits per heavy atom. The summed E-state index contributed by atoms with van der Waals surface area (Å²) in [5, 5.41) is 3.14. The topological polar surface area (TPSA) is 94.2 Å². The highest BCUT2D eigenvalue weighted by atomic mass is 16.6. The number of ether oxygens (including phenoxy) is 3. The van der Waals surface area contributed by atoms with E-state index in [-0.39, 0.29) is 18.8 Å². The molecular formula is C20H26N2O6. The highest BCUT2D eigenvalue weighted by Gasteiger charge is 2.33. The molecule has 2 heterocycles. The smallest absolute Gasteiger partial charge is 0.410 e. The predicted octanol–water partition coefficient (Wildman–Crippen LogP) is 2.62. The quantitative estimate of drug-likeness (QED) is 0.626. The van der Waals surface area contributed by atoms with Gasteiger partial charge in [-0.15, -0.1) is 0 Å². The highest BCUT2D eigenvalue weighted by Crippen LogP contribution is 2.27. The van der Waals surface area contributed by atoms with Crippen molar-refractivity contribution in [3.05, 3.63) is 23.8 Å². The summed E-state index contributed by atoms with van der Waals surface area (Å²) in [7, 11) is 0. The van der Waals surface area contributed by atoms with Gasteiger partial charge in [0.15, 0.2) is 5.78 Å². The number of nitrogens with one attached hydrogen (secondary N) is 1. The van der Waals surface area contributed by atoms with Crippen LogP contribution in [0.4, 0.5) is 10.5 Å². The molecule has 1 N–H and O–H groups in total. The Morgan fingerprint density at radius 3 is 2.86 bits per heavy atom. The third-order valence-corrected chi connectivity index (χ3v) is 4.45. The molecule has 0 radical (unpaired) electrons. The first kappa shape index (κ1) is 20.1. The largest absolute Gasteiger partial charge is 0.444 e. The minimum Gasteiger partial charge on any atom is -0.444 e. The van der Waals surface area contributed by atoms with E-state index in [9.17, 15) is 14.4 Å². The minimum absolute atomic E-state index is 0.0171. The number of amides is 1. The SMILES string of the molecule is CC(C)(C)OC(=O)N1CCOCC1CC(=O)Oc1ccc2c(c1)C(=O)CCN2. The van der Waals surface area contributed by atoms with Gasteiger partial charge in [0.1, 0.15) is 11.4 Å². The Hall–Kier alpha value is -2.61. The van der Waals surface area contributed by atoms with Crippen molar-refractivity contribution < 1.29 is 28.6 Å². The summed E-state index contributed by atoms with van der Waals surface area (Å²) in [6.07, 6.45) is -0.0870. The van der Waals surface area contributed by atoms with Crippen molar-refractivity contribution >= 4 is 23.5 Å². The third-order valence-electron chi connectivity index (χ3n) is 4.45. The van der Waals surface area contributed by atoms with E-state index in [1.165, 1.54) is 4.90 Å². The standard InChI is InChI=1S/C20H26N2O6/c1-20(2,3)28-19(25)22-8-9-26-12-13(22)10-18(24)27-14-4-5-16-15(11-14)17(23)6-7-21-16/h4-5,11,13,21H,6-10,12H2,1-3H3. The monoisotopic (exact) mass is 390 g/mol. The van der Waals surface area contributed by atoms with Crippen molar-refractivity contribution in [3.8, 4) is 5.75 Å². The maximum absolute atomic E-state index is 12.4. The summed E-state index contributed by atoms with van der Waals surface area (Å²) in [5.74, 6) is -0.176. The van der Waals surface area contributed by atoms with Crippen LogP contribution in [0.2, 0.25) is 0 Å². The second-order valence-electron chi connectivity index (χ2n) is 7.89. The maximum Gasteiger partial charge on any atom is 0.410 e. The molecule has 1 unspecified atom stereocenters. The molecule has 28 heavy (non-hydrogen) atoms. The summed E-state index contributed by atoms with van der Waals surface area (Å²) < 4.78 is 16.2. The van der Waals surface area contributed by atoms with E-state index in [4.69, 9.17) is 14.2 Å². The fourth-order valence-electron chi connectivity index (χ4n) is 3.17. The van der Waals surface area contributed by atoms with Gasteiger partial charge in [0, 0.05) is 30.8 Å². The molecule has 0 aliphatic carbocycles. The molecule has 1 atom stereocenters. The number of hydrogen-bond donors (Lipinski definition) is 1. The van der Waals surface area contributed by atoms with Crippen molar-refractivity contribution in [2.24, 2.45) is 0 Å². The molecule has 1 aromatic carbocycles. The second-order valence-corrected chi connectivity index (χ2v) is 7.89. The molecule has 8 heteroatoms. The molecule has 8 nitrogen and oxygen atoms in total. The molecule has 2 aliphatic heterocycles. The molecule has 0 saturated carbocycles. The minimum atomic E-state index is -0.621. The number of carbonyl (C=O) groups is 3. The zero-order chi connectivity index (χ0) is 20.3. The Kier molecular flexibility index (Phi) is 5.88. The van der Waals surface area contributed by atoms with Crippen LogP contribution in [0.3, 0.4) is 0 Å². The Bertz CT molecular complexity index is 770. The number of benzene rings is 1. The number of ketones is 1. The normalized spacial score (nSPS) is 19.5. The van der Waals surface area contributed by atoms with Gasteiger partial charge in [-0.2, -0.15) is 0 Å². The fourth-order valence-corrected chi connectivity index (χ4v) is 3.17. The number of carbonyl (C=O) groups excluding carboxylic acids is 3. The fraction of sp³-hybridized carbons (Fsp3) is 0.550. The van der Waals surface area contributed by atoms with Crippen molar-refractivity contribution in [3.63, 3.8) is 0 Å². The predicted molar refractivity (Wildman–Crippen MR) is 102 cm³/mol. The van der Waals surface area contributed by atoms with E-state index in [0.29, 0.717) is 37.4 Å². The molecular weight excluding hydrogens is 364 g/mol. The summed E-state index contributed by atoms with van der Waals surface area (Å²) in [5.41, 5.74) is 0.644. The Morgan fingerprint density at radius 2 is 2.11 bits per heavy atom. The number of anilines is 1. The highest BCUT2D eigenvalue weighted by molar-refractivity contribution is 6.03. The lowest BCUT2D eigenvalue weighted by Gasteiger charge is -2.36. The summed E-state index contributed by atoms with van der Waals surface area (Å²) in [6, 6.07) is 4.49. The van der Waals surface area contributed by atoms with Crippen LogP contribution >= 0.6 is 0 Å². The van der Waals surface area contributed by atoms with E-state index in [1.807, 2.05) is 0 Å². The van der Waals surface area contributed by atoms with Gasteiger partial charge in [0.05, 0.1) is 25.7 Å². The molecule has 1 amide bonds. The first-order valence-electron chi connectivity index (χ1n) is 9.42. The van der Waals surface area contributed by atoms with Gasteiger partial charge in [-0.3, -0.25) is 14.5 Å². The van der Waals surface area contributed by atoms with Crippen LogP contribution < -0.4 is 10.1 Å². The molecule has 0 spiro atoms. The van der Waals surface area contributed by atoms with E-state index in [2.05, 4.69) is 5.32 Å². The van der Waals surface area contributed by atoms with Gasteiger partial charge in [-0.05, 0) is 39.0 Å². The van der Waals surface area contributed by atoms with E-state index in [1.54, 1.807) is 39.0 Å². The average molecular weight is 390 g/mol. The molecule has 3 rings (SSSR count). The molecule has 0 bridgehead atoms. The summed E-state index contributed by atoms with van der Waals surface area (Å²) in [6.45, 7) is 6.97. The van der Waals surface area contributed by atoms with Crippen LogP contribution in [0.1, 0.15) is 44.0 Å². The number of morpholine rings is 1. The van der Waals surface area contributed by atoms with Crippen molar-refractivity contribution in [1.29, 1.82) is 0 Å². The lowest BCUT2D eigenvalue weighted by Crippen LogP contribution is -2.51. The van der Waals surface area contributed by atoms with Gasteiger partial charge in [-0.25, -0.2) is 4.79 Å². The first-order chi connectivity index (χ1) is 13.2. The van der Waals surface area contributed by atoms with E-state index in [0.717, 1.165) is 5.69 Å². The van der Waals surface area contributed by atoms with Crippen LogP contribution in [0.15, 0.2) is 18.2 Å². The molecule has 2 aliphatic rings. The van der Waals surface area contributed by atoms with Gasteiger partial charge in [0.25, 0.3) is 0 Å². The number of hydrogen-bond acceptors (Lipinski definition) is 7. The van der Waals surface area contributed by atoms with Crippen LogP contribution in [0.25, 0.3) is 0 Å². The molecule has 1 aromatic rings. The number of rotatable bonds is 3. The third kappa shape index (κ3) is 5.01. The maximum atomic E-state index is 12.4. The number of fused-ring (bicyclic) bond motifs is 1. The van der Waals surface area contributed by atoms with Crippen LogP contribution in [0.5, 0.6) is 5.75 Å². The Balaban J connectivity index is 1.63. The number of esters is 1. The van der Waals surface area contributed by atoms with E-state index < -0.39 is 23.7 Å². The lowest BCUT2D eigenvalue weighted by molar-refractivity contribution is -0.137. The number of Topliss-reactive ketones (excluding diaryl/α,β-unsaturated/α-hetero) is 1. The van der Waals surface area contributed by atoms with E-state index >= 15 is 0 Å². The van der Waals surface area contributed by atoms with Crippen LogP contribution in [0, 0.1) is 0 Å². The molecule has 1 saturated heterocycles. The molecule has 1 fully saturated rings. The van der Waals surface area contributed by atoms with Gasteiger partial charge in [0.2, 0.25) is 0 Å². The van der Waals surface area contributed by atoms with Gasteiger partial charge in [-0.1, -0.05) is 0 Å². The second kappa shape index (κ2) is 8.18. The van der Waals surface area contributed by atoms with Crippen molar-refractivity contribution in [1.82, 2.24) is 4.90 Å². The lowest BCUT2D eigenvalue weighted by atomic mass is 10.0. The van der Waals surface area contributed by atoms with Gasteiger partial charge >= 0.3 is 12.1 Å². The summed E-state index contributed by atoms with van der Waals surface area (Å²) >= 11 is 0. The Labute approximate surface area is 164 Å². The average Bonchev–Trinajstić information content (AvgIpc) is 2.61. The summed E-state index contributed by atoms with van der Waals surface area (Å²) in [4.78, 5) is 38.4. The van der Waals surface area contributed by atoms with Crippen LogP contribution in [-0.4, -0.2) is 60.7 Å². The first-order valence-corrected chi connectivity index (χ1v) is 9.42. The van der Waals surface area contributed by atoms with Crippen LogP contribution in [-0.2, 0) is 14.3 Å². The molecule has 152 valence electrons. The molecule has 0 aromatic heterocycles. The van der Waals surface area contributed by atoms with Crippen molar-refractivity contribution in [2.45, 2.75) is 45.3 Å². The zero-order valence-corrected chi connectivity index (χ0v) is 16.4. The van der Waals surface area contributed by atoms with Gasteiger partial charge < -0.3 is 19.5 Å².